The number of carbonyl (C=O) groups excluding carboxylic acids is 1. The monoisotopic (exact) mass is 355 g/mol. The van der Waals surface area contributed by atoms with E-state index in [1.165, 1.54) is 37.3 Å². The number of phenolic OH excluding ortho intramolecular Hbond substituents is 1. The smallest absolute Gasteiger partial charge is 0.427 e. The Hall–Kier alpha value is -1.96. The summed E-state index contributed by atoms with van der Waals surface area (Å²) in [6.45, 7) is 1.42. The third kappa shape index (κ3) is 3.92. The zero-order chi connectivity index (χ0) is 18.1. The van der Waals surface area contributed by atoms with Gasteiger partial charge in [0.2, 0.25) is 5.79 Å². The van der Waals surface area contributed by atoms with Crippen LogP contribution in [0.3, 0.4) is 0 Å². The van der Waals surface area contributed by atoms with E-state index in [2.05, 4.69) is 0 Å². The molecule has 0 saturated carbocycles. The van der Waals surface area contributed by atoms with Gasteiger partial charge in [-0.1, -0.05) is 25.1 Å². The molecule has 9 heteroatoms. The third-order valence-electron chi connectivity index (χ3n) is 3.76. The van der Waals surface area contributed by atoms with Gasteiger partial charge in [0.1, 0.15) is 5.75 Å². The number of carbonyl (C=O) groups is 1. The maximum Gasteiger partial charge on any atom is 0.427 e. The van der Waals surface area contributed by atoms with Crippen LogP contribution in [-0.2, 0) is 9.36 Å². The summed E-state index contributed by atoms with van der Waals surface area (Å²) < 4.78 is 11.2. The summed E-state index contributed by atoms with van der Waals surface area (Å²) >= 11 is 0. The second kappa shape index (κ2) is 6.51. The minimum absolute atomic E-state index is 0.0676. The average Bonchev–Trinajstić information content (AvgIpc) is 2.44. The summed E-state index contributed by atoms with van der Waals surface area (Å²) in [5.74, 6) is -4.61. The first kappa shape index (κ1) is 18.4. The number of allylic oxidation sites excluding steroid dienone is 2. The minimum Gasteiger partial charge on any atom is -0.508 e. The molecule has 0 radical (unpaired) electrons. The van der Waals surface area contributed by atoms with Crippen LogP contribution in [0, 0.1) is 0 Å². The quantitative estimate of drug-likeness (QED) is 0.333. The standard InChI is InChI=1S/C15H18NO7P/c1-9(10-4-2-5-11(17)8-10)15(19,20)14-12(16-24(21,22)23)6-3-7-13(14)18/h2-5,7-9,17,19-20H,6H2,1H3,(H3,16,21,22,23). The van der Waals surface area contributed by atoms with E-state index in [0.717, 1.165) is 6.08 Å². The van der Waals surface area contributed by atoms with Crippen molar-refractivity contribution in [2.45, 2.75) is 25.0 Å². The van der Waals surface area contributed by atoms with E-state index in [1.54, 1.807) is 0 Å². The molecule has 0 fully saturated rings. The molecular formula is C15H18NO7P. The molecule has 0 aliphatic heterocycles. The Bertz CT molecular complexity index is 763. The second-order valence-electron chi connectivity index (χ2n) is 5.52. The lowest BCUT2D eigenvalue weighted by molar-refractivity contribution is -0.151. The molecule has 0 amide bonds. The van der Waals surface area contributed by atoms with Gasteiger partial charge in [-0.15, -0.1) is 0 Å². The SMILES string of the molecule is CC(c1cccc(O)c1)C(O)(O)C1=C(NP(=O)(O)O)CC=CC1=O. The molecule has 0 bridgehead atoms. The Morgan fingerprint density at radius 1 is 1.29 bits per heavy atom. The number of aliphatic hydroxyl groups is 2. The molecule has 1 aromatic rings. The number of hydrogen-bond acceptors (Lipinski definition) is 5. The van der Waals surface area contributed by atoms with E-state index in [1.807, 2.05) is 5.09 Å². The first-order valence-electron chi connectivity index (χ1n) is 7.04. The van der Waals surface area contributed by atoms with Crippen molar-refractivity contribution in [1.29, 1.82) is 0 Å². The molecule has 0 spiro atoms. The lowest BCUT2D eigenvalue weighted by Crippen LogP contribution is -2.42. The highest BCUT2D eigenvalue weighted by atomic mass is 31.2. The van der Waals surface area contributed by atoms with Gasteiger partial charge in [-0.25, -0.2) is 4.57 Å². The second-order valence-corrected chi connectivity index (χ2v) is 6.83. The van der Waals surface area contributed by atoms with Crippen LogP contribution in [0.25, 0.3) is 0 Å². The van der Waals surface area contributed by atoms with Crippen molar-refractivity contribution in [3.63, 3.8) is 0 Å². The van der Waals surface area contributed by atoms with E-state index in [0.29, 0.717) is 5.56 Å². The van der Waals surface area contributed by atoms with Crippen LogP contribution < -0.4 is 5.09 Å². The number of benzene rings is 1. The Kier molecular flexibility index (Phi) is 4.98. The van der Waals surface area contributed by atoms with Crippen molar-refractivity contribution in [2.24, 2.45) is 0 Å². The maximum atomic E-state index is 12.1. The molecule has 1 aromatic carbocycles. The highest BCUT2D eigenvalue weighted by Gasteiger charge is 2.43. The topological polar surface area (TPSA) is 147 Å². The molecule has 130 valence electrons. The molecule has 1 unspecified atom stereocenters. The van der Waals surface area contributed by atoms with Crippen molar-refractivity contribution >= 4 is 13.5 Å². The number of ketones is 1. The van der Waals surface area contributed by atoms with Gasteiger partial charge in [0.25, 0.3) is 0 Å². The zero-order valence-electron chi connectivity index (χ0n) is 12.7. The van der Waals surface area contributed by atoms with Crippen molar-refractivity contribution in [2.75, 3.05) is 0 Å². The van der Waals surface area contributed by atoms with Crippen LogP contribution >= 0.6 is 7.75 Å². The summed E-state index contributed by atoms with van der Waals surface area (Å²) in [4.78, 5) is 30.3. The van der Waals surface area contributed by atoms with Gasteiger partial charge in [-0.3, -0.25) is 9.88 Å². The first-order chi connectivity index (χ1) is 11.0. The van der Waals surface area contributed by atoms with E-state index in [9.17, 15) is 24.7 Å². The molecule has 0 aromatic heterocycles. The van der Waals surface area contributed by atoms with E-state index >= 15 is 0 Å². The lowest BCUT2D eigenvalue weighted by atomic mass is 9.82. The van der Waals surface area contributed by atoms with E-state index < -0.39 is 30.8 Å². The average molecular weight is 355 g/mol. The number of aromatic hydroxyl groups is 1. The van der Waals surface area contributed by atoms with Crippen LogP contribution in [0.15, 0.2) is 47.7 Å². The molecule has 8 nitrogen and oxygen atoms in total. The fourth-order valence-corrected chi connectivity index (χ4v) is 3.10. The van der Waals surface area contributed by atoms with Crippen LogP contribution in [0.4, 0.5) is 0 Å². The molecule has 1 atom stereocenters. The Morgan fingerprint density at radius 2 is 1.96 bits per heavy atom. The Morgan fingerprint density at radius 3 is 2.54 bits per heavy atom. The largest absolute Gasteiger partial charge is 0.508 e. The molecular weight excluding hydrogens is 337 g/mol. The predicted octanol–water partition coefficient (Wildman–Crippen LogP) is 0.642. The van der Waals surface area contributed by atoms with Gasteiger partial charge in [-0.05, 0) is 23.8 Å². The van der Waals surface area contributed by atoms with E-state index in [-0.39, 0.29) is 17.9 Å². The molecule has 1 aliphatic carbocycles. The fourth-order valence-electron chi connectivity index (χ4n) is 2.54. The van der Waals surface area contributed by atoms with Gasteiger partial charge in [0.15, 0.2) is 5.78 Å². The molecule has 1 aliphatic rings. The summed E-state index contributed by atoms with van der Waals surface area (Å²) in [5.41, 5.74) is -0.456. The number of nitrogens with one attached hydrogen (secondary N) is 1. The third-order valence-corrected chi connectivity index (χ3v) is 4.32. The predicted molar refractivity (Wildman–Crippen MR) is 84.7 cm³/mol. The Balaban J connectivity index is 2.50. The number of phenols is 1. The van der Waals surface area contributed by atoms with Crippen LogP contribution in [0.1, 0.15) is 24.8 Å². The zero-order valence-corrected chi connectivity index (χ0v) is 13.6. The van der Waals surface area contributed by atoms with Crippen LogP contribution in [0.5, 0.6) is 5.75 Å². The van der Waals surface area contributed by atoms with Crippen molar-refractivity contribution in [3.05, 3.63) is 53.3 Å². The van der Waals surface area contributed by atoms with Crippen LogP contribution in [-0.4, -0.2) is 36.7 Å². The minimum atomic E-state index is -4.73. The highest BCUT2D eigenvalue weighted by Crippen LogP contribution is 2.39. The fraction of sp³-hybridized carbons (Fsp3) is 0.267. The van der Waals surface area contributed by atoms with Crippen molar-refractivity contribution in [1.82, 2.24) is 5.09 Å². The maximum absolute atomic E-state index is 12.1. The van der Waals surface area contributed by atoms with Gasteiger partial charge < -0.3 is 25.1 Å². The van der Waals surface area contributed by atoms with Crippen LogP contribution in [0.2, 0.25) is 0 Å². The molecule has 6 N–H and O–H groups in total. The van der Waals surface area contributed by atoms with Gasteiger partial charge >= 0.3 is 7.75 Å². The summed E-state index contributed by atoms with van der Waals surface area (Å²) in [6.07, 6.45) is 2.40. The van der Waals surface area contributed by atoms with Crippen molar-refractivity contribution < 1.29 is 34.5 Å². The van der Waals surface area contributed by atoms with Gasteiger partial charge in [-0.2, -0.15) is 0 Å². The number of rotatable bonds is 5. The highest BCUT2D eigenvalue weighted by molar-refractivity contribution is 7.49. The normalized spacial score (nSPS) is 17.1. The Labute approximate surface area is 138 Å². The number of hydrogen-bond donors (Lipinski definition) is 6. The molecule has 24 heavy (non-hydrogen) atoms. The summed E-state index contributed by atoms with van der Waals surface area (Å²) in [5, 5.41) is 32.5. The molecule has 0 heterocycles. The van der Waals surface area contributed by atoms with Gasteiger partial charge in [0.05, 0.1) is 5.57 Å². The first-order valence-corrected chi connectivity index (χ1v) is 8.65. The summed E-state index contributed by atoms with van der Waals surface area (Å²) in [7, 11) is -4.73. The van der Waals surface area contributed by atoms with E-state index in [4.69, 9.17) is 9.79 Å². The molecule has 0 saturated heterocycles. The molecule has 2 rings (SSSR count). The van der Waals surface area contributed by atoms with Gasteiger partial charge in [0, 0.05) is 18.0 Å². The lowest BCUT2D eigenvalue weighted by Gasteiger charge is -2.33. The van der Waals surface area contributed by atoms with Crippen molar-refractivity contribution in [3.8, 4) is 5.75 Å². The summed E-state index contributed by atoms with van der Waals surface area (Å²) in [6, 6.07) is 5.75.